The average molecular weight is 671 g/mol. The number of rotatable bonds is 1. The summed E-state index contributed by atoms with van der Waals surface area (Å²) in [5, 5.41) is 5.57. The van der Waals surface area contributed by atoms with Crippen molar-refractivity contribution in [1.82, 2.24) is 0 Å². The normalized spacial score (nSPS) is 16.2. The number of aryl methyl sites for hydroxylation is 1. The Labute approximate surface area is 280 Å². The van der Waals surface area contributed by atoms with Gasteiger partial charge in [-0.15, -0.1) is 46.2 Å². The molecule has 3 heteroatoms. The summed E-state index contributed by atoms with van der Waals surface area (Å²) in [6.45, 7) is 18.1. The Kier molecular flexibility index (Phi) is 10.8. The zero-order chi connectivity index (χ0) is 28.8. The number of allylic oxidation sites excluding steroid dienone is 8. The van der Waals surface area contributed by atoms with Gasteiger partial charge in [-0.05, 0) is 36.1 Å². The van der Waals surface area contributed by atoms with Gasteiger partial charge >= 0.3 is 76.7 Å². The van der Waals surface area contributed by atoms with Crippen molar-refractivity contribution in [2.45, 2.75) is 72.6 Å². The zero-order valence-electron chi connectivity index (χ0n) is 26.0. The van der Waals surface area contributed by atoms with Crippen molar-refractivity contribution in [3.8, 4) is 0 Å². The van der Waals surface area contributed by atoms with Crippen LogP contribution in [-0.4, -0.2) is 3.21 Å². The molecule has 0 bridgehead atoms. The molecule has 0 atom stereocenters. The largest absolute Gasteiger partial charge is 1.00 e. The van der Waals surface area contributed by atoms with Gasteiger partial charge in [0.2, 0.25) is 0 Å². The SMILES string of the molecule is CC1=CC(C)(C)c2cc3[cH-]c4cc5c(cc4c3cc21)C(C)=CC5(C)C.C[C](=[Zr+2])c1ccc(C)cc1.[C-]1=CC=CC1.[Cl-].[Cl-]. The summed E-state index contributed by atoms with van der Waals surface area (Å²) in [5.41, 5.74) is 11.6. The van der Waals surface area contributed by atoms with Gasteiger partial charge in [0.1, 0.15) is 0 Å². The van der Waals surface area contributed by atoms with Gasteiger partial charge in [-0.1, -0.05) is 63.1 Å². The second kappa shape index (κ2) is 13.2. The van der Waals surface area contributed by atoms with E-state index in [9.17, 15) is 0 Å². The maximum Gasteiger partial charge on any atom is -0.109 e. The molecule has 0 unspecified atom stereocenters. The summed E-state index contributed by atoms with van der Waals surface area (Å²) < 4.78 is 1.46. The predicted molar refractivity (Wildman–Crippen MR) is 173 cm³/mol. The van der Waals surface area contributed by atoms with Gasteiger partial charge in [-0.2, -0.15) is 6.08 Å². The van der Waals surface area contributed by atoms with E-state index in [0.29, 0.717) is 0 Å². The molecule has 4 aromatic rings. The smallest absolute Gasteiger partial charge is 0.109 e. The standard InChI is InChI=1S/C25H25.C9H10.C5H5.2ClH.Zr/c1-14-12-24(3,4)22-8-16-7-17-9-23-19(15(2)13-25(23,5)6)11-21(17)20(16)10-18(14)22;1-3-9-6-4-8(2)5-7-9;1-2-4-5-3-1;;;/h7-13H,1-6H3;4-7H,1-2H3;1-3H,4H2;2*1H;/q-1;;-1;;;+2/p-2. The monoisotopic (exact) mass is 668 g/mol. The molecule has 0 fully saturated rings. The molecule has 7 rings (SSSR count). The Morgan fingerprint density at radius 1 is 0.762 bits per heavy atom. The maximum absolute atomic E-state index is 2.99. The fourth-order valence-electron chi connectivity index (χ4n) is 6.36. The third-order valence-corrected chi connectivity index (χ3v) is 9.15. The minimum Gasteiger partial charge on any atom is -1.00 e. The quantitative estimate of drug-likeness (QED) is 0.262. The van der Waals surface area contributed by atoms with Crippen LogP contribution in [-0.2, 0) is 35.1 Å². The minimum atomic E-state index is 0. The third-order valence-electron chi connectivity index (χ3n) is 8.44. The van der Waals surface area contributed by atoms with Crippen molar-refractivity contribution in [3.63, 3.8) is 0 Å². The summed E-state index contributed by atoms with van der Waals surface area (Å²) >= 11 is 1.51. The van der Waals surface area contributed by atoms with E-state index in [1.165, 1.54) is 93.5 Å². The van der Waals surface area contributed by atoms with E-state index in [1.54, 1.807) is 0 Å². The van der Waals surface area contributed by atoms with E-state index < -0.39 is 0 Å². The van der Waals surface area contributed by atoms with Crippen LogP contribution in [0.25, 0.3) is 32.7 Å². The summed E-state index contributed by atoms with van der Waals surface area (Å²) in [4.78, 5) is 0. The number of hydrogen-bond acceptors (Lipinski definition) is 0. The van der Waals surface area contributed by atoms with Crippen LogP contribution in [0.2, 0.25) is 0 Å². The molecule has 0 saturated carbocycles. The number of hydrogen-bond donors (Lipinski definition) is 0. The minimum absolute atomic E-state index is 0. The topological polar surface area (TPSA) is 0 Å². The van der Waals surface area contributed by atoms with E-state index >= 15 is 0 Å². The Hall–Kier alpha value is -2.18. The molecule has 0 spiro atoms. The van der Waals surface area contributed by atoms with Crippen LogP contribution >= 0.6 is 0 Å². The molecule has 0 radical (unpaired) electrons. The summed E-state index contributed by atoms with van der Waals surface area (Å²) in [5.74, 6) is 0. The van der Waals surface area contributed by atoms with Gasteiger partial charge in [0, 0.05) is 10.8 Å². The van der Waals surface area contributed by atoms with Gasteiger partial charge in [0.15, 0.2) is 0 Å². The molecule has 0 N–H and O–H groups in total. The number of benzene rings is 3. The Balaban J connectivity index is 0.000000237. The second-order valence-corrected chi connectivity index (χ2v) is 14.6. The molecule has 0 nitrogen and oxygen atoms in total. The van der Waals surface area contributed by atoms with Crippen molar-refractivity contribution < 1.29 is 49.0 Å². The molecule has 0 saturated heterocycles. The fraction of sp³-hybridized carbons (Fsp3) is 0.282. The van der Waals surface area contributed by atoms with Crippen LogP contribution in [0.15, 0.2) is 85.0 Å². The van der Waals surface area contributed by atoms with Crippen molar-refractivity contribution in [2.75, 3.05) is 0 Å². The molecule has 3 aliphatic rings. The van der Waals surface area contributed by atoms with Crippen LogP contribution < -0.4 is 24.8 Å². The molecule has 4 aromatic carbocycles. The molecule has 3 aliphatic carbocycles. The van der Waals surface area contributed by atoms with Crippen LogP contribution in [0, 0.1) is 13.0 Å². The summed E-state index contributed by atoms with van der Waals surface area (Å²) in [6.07, 6.45) is 14.8. The van der Waals surface area contributed by atoms with Crippen LogP contribution in [0.4, 0.5) is 0 Å². The molecule has 0 heterocycles. The molecule has 0 amide bonds. The van der Waals surface area contributed by atoms with Crippen molar-refractivity contribution >= 4 is 35.9 Å². The molecular weight excluding hydrogens is 631 g/mol. The van der Waals surface area contributed by atoms with Gasteiger partial charge in [-0.25, -0.2) is 12.2 Å². The molecule has 0 aliphatic heterocycles. The van der Waals surface area contributed by atoms with Gasteiger partial charge < -0.3 is 24.8 Å². The van der Waals surface area contributed by atoms with Crippen molar-refractivity contribution in [2.24, 2.45) is 0 Å². The van der Waals surface area contributed by atoms with E-state index in [2.05, 4.69) is 134 Å². The van der Waals surface area contributed by atoms with Crippen molar-refractivity contribution in [1.29, 1.82) is 0 Å². The summed E-state index contributed by atoms with van der Waals surface area (Å²) in [6, 6.07) is 20.8. The Morgan fingerprint density at radius 3 is 1.60 bits per heavy atom. The molecule has 0 aromatic heterocycles. The fourth-order valence-corrected chi connectivity index (χ4v) is 6.77. The first-order valence-electron chi connectivity index (χ1n) is 14.3. The first-order chi connectivity index (χ1) is 18.9. The van der Waals surface area contributed by atoms with Gasteiger partial charge in [0.25, 0.3) is 0 Å². The predicted octanol–water partition coefficient (Wildman–Crippen LogP) is 4.50. The van der Waals surface area contributed by atoms with Crippen LogP contribution in [0.1, 0.15) is 88.3 Å². The summed E-state index contributed by atoms with van der Waals surface area (Å²) in [7, 11) is 0. The van der Waals surface area contributed by atoms with Crippen LogP contribution in [0.3, 0.4) is 0 Å². The molecule has 42 heavy (non-hydrogen) atoms. The number of halogens is 2. The Bertz CT molecular complexity index is 1650. The van der Waals surface area contributed by atoms with E-state index in [4.69, 9.17) is 0 Å². The van der Waals surface area contributed by atoms with Gasteiger partial charge in [0.05, 0.1) is 0 Å². The maximum atomic E-state index is 2.99. The second-order valence-electron chi connectivity index (χ2n) is 12.7. The van der Waals surface area contributed by atoms with E-state index in [-0.39, 0.29) is 35.6 Å². The third kappa shape index (κ3) is 6.80. The molecular formula is C39H40Cl2Zr-2. The van der Waals surface area contributed by atoms with E-state index in [0.717, 1.165) is 6.42 Å². The van der Waals surface area contributed by atoms with Gasteiger partial charge in [-0.3, -0.25) is 6.08 Å². The average Bonchev–Trinajstić information content (AvgIpc) is 3.66. The first kappa shape index (κ1) is 34.3. The number of fused-ring (bicyclic) bond motifs is 5. The molecule has 216 valence electrons. The zero-order valence-corrected chi connectivity index (χ0v) is 30.0. The van der Waals surface area contributed by atoms with Crippen LogP contribution in [0.5, 0.6) is 0 Å². The van der Waals surface area contributed by atoms with Crippen molar-refractivity contribution in [3.05, 3.63) is 124 Å². The Morgan fingerprint density at radius 2 is 1.24 bits per heavy atom. The van der Waals surface area contributed by atoms with E-state index in [1.807, 2.05) is 12.2 Å². The first-order valence-corrected chi connectivity index (χ1v) is 15.6.